The number of carbonyl (C=O) groups excluding carboxylic acids is 1. The van der Waals surface area contributed by atoms with Crippen LogP contribution in [0.4, 0.5) is 10.5 Å². The minimum atomic E-state index is -0.276. The minimum absolute atomic E-state index is 0.276. The predicted octanol–water partition coefficient (Wildman–Crippen LogP) is 2.99. The van der Waals surface area contributed by atoms with Crippen LogP contribution in [0.15, 0.2) is 54.9 Å². The van der Waals surface area contributed by atoms with Crippen LogP contribution >= 0.6 is 0 Å². The van der Waals surface area contributed by atoms with Crippen LogP contribution in [0.3, 0.4) is 0 Å². The molecule has 3 rings (SSSR count). The van der Waals surface area contributed by atoms with Gasteiger partial charge in [0.25, 0.3) is 0 Å². The third-order valence-electron chi connectivity index (χ3n) is 3.74. The van der Waals surface area contributed by atoms with Gasteiger partial charge in [0.15, 0.2) is 5.82 Å². The highest BCUT2D eigenvalue weighted by molar-refractivity contribution is 5.89. The van der Waals surface area contributed by atoms with Crippen molar-refractivity contribution in [2.75, 3.05) is 18.5 Å². The first kappa shape index (κ1) is 17.5. The van der Waals surface area contributed by atoms with Gasteiger partial charge in [0.1, 0.15) is 18.7 Å². The van der Waals surface area contributed by atoms with Gasteiger partial charge < -0.3 is 15.4 Å². The molecule has 0 saturated carbocycles. The van der Waals surface area contributed by atoms with E-state index in [9.17, 15) is 4.79 Å². The molecular weight excluding hydrogens is 330 g/mol. The van der Waals surface area contributed by atoms with E-state index in [1.54, 1.807) is 11.0 Å². The molecule has 3 aromatic rings. The molecule has 0 spiro atoms. The van der Waals surface area contributed by atoms with Gasteiger partial charge >= 0.3 is 6.03 Å². The highest BCUT2D eigenvalue weighted by atomic mass is 16.5. The highest BCUT2D eigenvalue weighted by Gasteiger charge is 2.05. The average molecular weight is 351 g/mol. The molecule has 0 bridgehead atoms. The number of benzene rings is 2. The van der Waals surface area contributed by atoms with E-state index >= 15 is 0 Å². The first-order valence-corrected chi connectivity index (χ1v) is 8.31. The van der Waals surface area contributed by atoms with Crippen molar-refractivity contribution >= 4 is 11.7 Å². The largest absolute Gasteiger partial charge is 0.491 e. The number of aromatic nitrogens is 3. The Morgan fingerprint density at radius 1 is 1.15 bits per heavy atom. The number of ether oxygens (including phenoxy) is 1. The fraction of sp³-hybridized carbons (Fsp3) is 0.211. The molecular formula is C19H21N5O2. The van der Waals surface area contributed by atoms with Crippen LogP contribution in [0.5, 0.6) is 5.75 Å². The van der Waals surface area contributed by atoms with Crippen molar-refractivity contribution in [1.29, 1.82) is 0 Å². The molecule has 7 heteroatoms. The van der Waals surface area contributed by atoms with E-state index < -0.39 is 0 Å². The van der Waals surface area contributed by atoms with E-state index in [-0.39, 0.29) is 6.03 Å². The molecule has 0 fully saturated rings. The molecule has 1 aromatic heterocycles. The van der Waals surface area contributed by atoms with Gasteiger partial charge in [0.2, 0.25) is 0 Å². The standard InChI is InChI=1S/C19H21N5O2/c1-14-5-3-4-6-17(14)26-12-11-20-19(25)22-16-9-7-15(8-10-16)18-21-13-24(2)23-18/h3-10,13H,11-12H2,1-2H3,(H2,20,22,25). The van der Waals surface area contributed by atoms with Crippen LogP contribution in [0.25, 0.3) is 11.4 Å². The summed E-state index contributed by atoms with van der Waals surface area (Å²) < 4.78 is 7.29. The fourth-order valence-electron chi connectivity index (χ4n) is 2.39. The van der Waals surface area contributed by atoms with Crippen molar-refractivity contribution in [3.63, 3.8) is 0 Å². The maximum Gasteiger partial charge on any atom is 0.319 e. The maximum atomic E-state index is 11.9. The molecule has 134 valence electrons. The summed E-state index contributed by atoms with van der Waals surface area (Å²) in [6, 6.07) is 14.9. The predicted molar refractivity (Wildman–Crippen MR) is 100 cm³/mol. The van der Waals surface area contributed by atoms with Crippen LogP contribution in [0.1, 0.15) is 5.56 Å². The molecule has 2 N–H and O–H groups in total. The van der Waals surface area contributed by atoms with E-state index in [2.05, 4.69) is 20.7 Å². The summed E-state index contributed by atoms with van der Waals surface area (Å²) in [7, 11) is 1.82. The van der Waals surface area contributed by atoms with Gasteiger partial charge in [-0.15, -0.1) is 0 Å². The van der Waals surface area contributed by atoms with E-state index in [0.717, 1.165) is 16.9 Å². The van der Waals surface area contributed by atoms with Crippen molar-refractivity contribution in [2.45, 2.75) is 6.92 Å². The summed E-state index contributed by atoms with van der Waals surface area (Å²) in [4.78, 5) is 16.1. The van der Waals surface area contributed by atoms with E-state index in [1.165, 1.54) is 0 Å². The first-order chi connectivity index (χ1) is 12.6. The molecule has 0 aliphatic carbocycles. The number of rotatable bonds is 6. The highest BCUT2D eigenvalue weighted by Crippen LogP contribution is 2.17. The van der Waals surface area contributed by atoms with Gasteiger partial charge in [-0.1, -0.05) is 18.2 Å². The third-order valence-corrected chi connectivity index (χ3v) is 3.74. The number of para-hydroxylation sites is 1. The molecule has 0 saturated heterocycles. The quantitative estimate of drug-likeness (QED) is 0.669. The minimum Gasteiger partial charge on any atom is -0.491 e. The van der Waals surface area contributed by atoms with E-state index in [0.29, 0.717) is 24.7 Å². The normalized spacial score (nSPS) is 10.4. The Balaban J connectivity index is 1.44. The number of aryl methyl sites for hydroxylation is 2. The maximum absolute atomic E-state index is 11.9. The smallest absolute Gasteiger partial charge is 0.319 e. The summed E-state index contributed by atoms with van der Waals surface area (Å²) in [5, 5.41) is 9.80. The summed E-state index contributed by atoms with van der Waals surface area (Å²) in [5.41, 5.74) is 2.66. The molecule has 0 aliphatic heterocycles. The van der Waals surface area contributed by atoms with Crippen molar-refractivity contribution in [1.82, 2.24) is 20.1 Å². The van der Waals surface area contributed by atoms with Gasteiger partial charge in [-0.05, 0) is 42.8 Å². The molecule has 2 aromatic carbocycles. The van der Waals surface area contributed by atoms with Crippen LogP contribution in [-0.4, -0.2) is 33.9 Å². The Bertz CT molecular complexity index is 874. The van der Waals surface area contributed by atoms with Crippen molar-refractivity contribution in [3.8, 4) is 17.1 Å². The number of nitrogens with one attached hydrogen (secondary N) is 2. The van der Waals surface area contributed by atoms with E-state index in [4.69, 9.17) is 4.74 Å². The lowest BCUT2D eigenvalue weighted by Gasteiger charge is -2.10. The second kappa shape index (κ2) is 8.15. The second-order valence-corrected chi connectivity index (χ2v) is 5.81. The Morgan fingerprint density at radius 2 is 1.92 bits per heavy atom. The van der Waals surface area contributed by atoms with E-state index in [1.807, 2.05) is 62.5 Å². The molecule has 0 radical (unpaired) electrons. The SMILES string of the molecule is Cc1ccccc1OCCNC(=O)Nc1ccc(-c2ncn(C)n2)cc1. The summed E-state index contributed by atoms with van der Waals surface area (Å²) >= 11 is 0. The van der Waals surface area contributed by atoms with Crippen LogP contribution < -0.4 is 15.4 Å². The topological polar surface area (TPSA) is 81.1 Å². The zero-order valence-corrected chi connectivity index (χ0v) is 14.8. The summed E-state index contributed by atoms with van der Waals surface area (Å²) in [6.45, 7) is 2.80. The Labute approximate surface area is 152 Å². The third kappa shape index (κ3) is 4.60. The molecule has 0 atom stereocenters. The monoisotopic (exact) mass is 351 g/mol. The Kier molecular flexibility index (Phi) is 5.48. The van der Waals surface area contributed by atoms with Crippen LogP contribution in [0.2, 0.25) is 0 Å². The average Bonchev–Trinajstić information content (AvgIpc) is 3.07. The molecule has 7 nitrogen and oxygen atoms in total. The number of hydrogen-bond acceptors (Lipinski definition) is 4. The van der Waals surface area contributed by atoms with Crippen molar-refractivity contribution < 1.29 is 9.53 Å². The lowest BCUT2D eigenvalue weighted by atomic mass is 10.2. The fourth-order valence-corrected chi connectivity index (χ4v) is 2.39. The van der Waals surface area contributed by atoms with Crippen LogP contribution in [-0.2, 0) is 7.05 Å². The molecule has 0 aliphatic rings. The van der Waals surface area contributed by atoms with Crippen molar-refractivity contribution in [2.24, 2.45) is 7.05 Å². The lowest BCUT2D eigenvalue weighted by Crippen LogP contribution is -2.32. The van der Waals surface area contributed by atoms with Crippen molar-refractivity contribution in [3.05, 3.63) is 60.4 Å². The van der Waals surface area contributed by atoms with Gasteiger partial charge in [-0.25, -0.2) is 9.78 Å². The number of hydrogen-bond donors (Lipinski definition) is 2. The molecule has 26 heavy (non-hydrogen) atoms. The van der Waals surface area contributed by atoms with Gasteiger partial charge in [-0.2, -0.15) is 5.10 Å². The molecule has 2 amide bonds. The second-order valence-electron chi connectivity index (χ2n) is 5.81. The van der Waals surface area contributed by atoms with Gasteiger partial charge in [0, 0.05) is 18.3 Å². The summed E-state index contributed by atoms with van der Waals surface area (Å²) in [5.74, 6) is 1.48. The van der Waals surface area contributed by atoms with Gasteiger partial charge in [0.05, 0.1) is 6.54 Å². The molecule has 1 heterocycles. The lowest BCUT2D eigenvalue weighted by molar-refractivity contribution is 0.247. The van der Waals surface area contributed by atoms with Gasteiger partial charge in [-0.3, -0.25) is 4.68 Å². The molecule has 0 unspecified atom stereocenters. The summed E-state index contributed by atoms with van der Waals surface area (Å²) in [6.07, 6.45) is 1.65. The van der Waals surface area contributed by atoms with Crippen LogP contribution in [0, 0.1) is 6.92 Å². The Hall–Kier alpha value is -3.35. The zero-order valence-electron chi connectivity index (χ0n) is 14.8. The number of nitrogens with zero attached hydrogens (tertiary/aromatic N) is 3. The number of carbonyl (C=O) groups is 1. The zero-order chi connectivity index (χ0) is 18.4. The number of amides is 2. The Morgan fingerprint density at radius 3 is 2.62 bits per heavy atom. The number of anilines is 1. The number of urea groups is 1. The first-order valence-electron chi connectivity index (χ1n) is 8.31.